The van der Waals surface area contributed by atoms with Crippen LogP contribution in [-0.4, -0.2) is 46.3 Å². The van der Waals surface area contributed by atoms with E-state index in [4.69, 9.17) is 10.1 Å². The Morgan fingerprint density at radius 1 is 1.29 bits per heavy atom. The van der Waals surface area contributed by atoms with Crippen LogP contribution in [0, 0.1) is 5.41 Å². The van der Waals surface area contributed by atoms with Gasteiger partial charge in [0.25, 0.3) is 6.02 Å². The first kappa shape index (κ1) is 16.4. The molecule has 0 aliphatic rings. The van der Waals surface area contributed by atoms with Gasteiger partial charge in [-0.05, 0) is 37.2 Å². The third-order valence-corrected chi connectivity index (χ3v) is 3.89. The molecular weight excluding hydrogens is 258 g/mol. The lowest BCUT2D eigenvalue weighted by atomic mass is 10.4. The second-order valence-electron chi connectivity index (χ2n) is 3.16. The Morgan fingerprint density at radius 3 is 2.29 bits per heavy atom. The minimum absolute atomic E-state index is 0.0703. The fourth-order valence-electron chi connectivity index (χ4n) is 1.09. The molecule has 5 nitrogen and oxygen atoms in total. The maximum absolute atomic E-state index is 12.0. The van der Waals surface area contributed by atoms with E-state index in [1.807, 2.05) is 19.4 Å². The number of amidine groups is 1. The molecule has 0 unspecified atom stereocenters. The molecular formula is C10H21N3O2S2. The zero-order valence-corrected chi connectivity index (χ0v) is 12.5. The minimum Gasteiger partial charge on any atom is -0.465 e. The second kappa shape index (κ2) is 9.47. The standard InChI is InChI=1S/C10H21N3O2S2/c1-5-7-8-15-9(11)12(6-2)10(14)13(16-3)17-4/h11H,5-8H2,1-4H3. The molecule has 0 aromatic carbocycles. The van der Waals surface area contributed by atoms with E-state index >= 15 is 0 Å². The fourth-order valence-corrected chi connectivity index (χ4v) is 2.19. The number of carbonyl (C=O) groups is 1. The van der Waals surface area contributed by atoms with Crippen molar-refractivity contribution in [1.29, 1.82) is 5.41 Å². The van der Waals surface area contributed by atoms with E-state index in [1.54, 1.807) is 0 Å². The Hall–Kier alpha value is -0.560. The summed E-state index contributed by atoms with van der Waals surface area (Å²) in [5.41, 5.74) is 0. The molecule has 2 amide bonds. The Bertz CT molecular complexity index is 248. The summed E-state index contributed by atoms with van der Waals surface area (Å²) in [5, 5.41) is 7.74. The summed E-state index contributed by atoms with van der Waals surface area (Å²) in [5.74, 6) is 0. The van der Waals surface area contributed by atoms with Crippen LogP contribution in [0.15, 0.2) is 0 Å². The summed E-state index contributed by atoms with van der Waals surface area (Å²) in [6, 6.07) is -0.298. The molecule has 0 aliphatic heterocycles. The van der Waals surface area contributed by atoms with Gasteiger partial charge in [0.15, 0.2) is 0 Å². The van der Waals surface area contributed by atoms with E-state index in [9.17, 15) is 4.79 Å². The summed E-state index contributed by atoms with van der Waals surface area (Å²) in [7, 11) is 0. The Kier molecular flexibility index (Phi) is 9.16. The van der Waals surface area contributed by atoms with Crippen molar-refractivity contribution >= 4 is 35.9 Å². The van der Waals surface area contributed by atoms with Crippen LogP contribution in [0.1, 0.15) is 26.7 Å². The number of hydrogen-bond donors (Lipinski definition) is 1. The predicted molar refractivity (Wildman–Crippen MR) is 75.2 cm³/mol. The quantitative estimate of drug-likeness (QED) is 0.351. The van der Waals surface area contributed by atoms with Gasteiger partial charge in [-0.1, -0.05) is 13.3 Å². The zero-order chi connectivity index (χ0) is 13.3. The summed E-state index contributed by atoms with van der Waals surface area (Å²) < 4.78 is 6.75. The maximum atomic E-state index is 12.0. The zero-order valence-electron chi connectivity index (χ0n) is 10.9. The molecule has 0 heterocycles. The van der Waals surface area contributed by atoms with Gasteiger partial charge in [-0.15, -0.1) is 0 Å². The van der Waals surface area contributed by atoms with Gasteiger partial charge in [-0.3, -0.25) is 5.41 Å². The molecule has 7 heteroatoms. The average molecular weight is 279 g/mol. The van der Waals surface area contributed by atoms with Gasteiger partial charge in [-0.2, -0.15) is 0 Å². The molecule has 0 spiro atoms. The number of unbranched alkanes of at least 4 members (excludes halogenated alkanes) is 1. The lowest BCUT2D eigenvalue weighted by molar-refractivity contribution is 0.195. The first-order chi connectivity index (χ1) is 8.12. The van der Waals surface area contributed by atoms with Crippen LogP contribution in [0.25, 0.3) is 0 Å². The minimum atomic E-state index is -0.228. The van der Waals surface area contributed by atoms with Crippen LogP contribution in [0.2, 0.25) is 0 Å². The average Bonchev–Trinajstić information content (AvgIpc) is 2.32. The van der Waals surface area contributed by atoms with Crippen molar-refractivity contribution in [3.8, 4) is 0 Å². The highest BCUT2D eigenvalue weighted by atomic mass is 32.2. The molecule has 0 saturated carbocycles. The number of ether oxygens (including phenoxy) is 1. The van der Waals surface area contributed by atoms with E-state index in [-0.39, 0.29) is 12.1 Å². The first-order valence-corrected chi connectivity index (χ1v) is 7.89. The number of urea groups is 1. The highest BCUT2D eigenvalue weighted by Crippen LogP contribution is 2.19. The van der Waals surface area contributed by atoms with Crippen LogP contribution in [-0.2, 0) is 4.74 Å². The number of nitrogens with zero attached hydrogens (tertiary/aromatic N) is 2. The van der Waals surface area contributed by atoms with Gasteiger partial charge in [0, 0.05) is 19.1 Å². The number of amides is 2. The van der Waals surface area contributed by atoms with Crippen molar-refractivity contribution in [1.82, 2.24) is 8.61 Å². The Morgan fingerprint density at radius 2 is 1.88 bits per heavy atom. The van der Waals surface area contributed by atoms with Crippen molar-refractivity contribution in [2.24, 2.45) is 0 Å². The van der Waals surface area contributed by atoms with Gasteiger partial charge >= 0.3 is 6.03 Å². The Balaban J connectivity index is 4.38. The molecule has 0 atom stereocenters. The van der Waals surface area contributed by atoms with Crippen molar-refractivity contribution < 1.29 is 9.53 Å². The molecule has 0 aromatic heterocycles. The third kappa shape index (κ3) is 5.54. The normalized spacial score (nSPS) is 9.88. The van der Waals surface area contributed by atoms with Crippen LogP contribution in [0.4, 0.5) is 4.79 Å². The van der Waals surface area contributed by atoms with Crippen molar-refractivity contribution in [2.75, 3.05) is 25.7 Å². The fraction of sp³-hybridized carbons (Fsp3) is 0.800. The molecule has 17 heavy (non-hydrogen) atoms. The lowest BCUT2D eigenvalue weighted by Crippen LogP contribution is -2.42. The first-order valence-electron chi connectivity index (χ1n) is 5.53. The molecule has 0 bridgehead atoms. The monoisotopic (exact) mass is 279 g/mol. The maximum Gasteiger partial charge on any atom is 0.348 e. The SMILES string of the molecule is CCCCOC(=N)N(CC)C(=O)N(SC)SC. The van der Waals surface area contributed by atoms with Crippen LogP contribution < -0.4 is 0 Å². The smallest absolute Gasteiger partial charge is 0.348 e. The molecule has 100 valence electrons. The van der Waals surface area contributed by atoms with E-state index in [2.05, 4.69) is 6.92 Å². The van der Waals surface area contributed by atoms with Crippen LogP contribution >= 0.6 is 23.9 Å². The highest BCUT2D eigenvalue weighted by molar-refractivity contribution is 8.12. The van der Waals surface area contributed by atoms with Crippen LogP contribution in [0.5, 0.6) is 0 Å². The largest absolute Gasteiger partial charge is 0.465 e. The molecule has 0 saturated heterocycles. The molecule has 0 aliphatic carbocycles. The number of hydrogen-bond acceptors (Lipinski definition) is 5. The predicted octanol–water partition coefficient (Wildman–Crippen LogP) is 3.04. The van der Waals surface area contributed by atoms with Gasteiger partial charge < -0.3 is 4.74 Å². The van der Waals surface area contributed by atoms with Crippen molar-refractivity contribution in [3.05, 3.63) is 0 Å². The van der Waals surface area contributed by atoms with E-state index < -0.39 is 0 Å². The number of rotatable bonds is 6. The Labute approximate surface area is 112 Å². The van der Waals surface area contributed by atoms with Gasteiger partial charge in [0.05, 0.1) is 6.61 Å². The summed E-state index contributed by atoms with van der Waals surface area (Å²) in [4.78, 5) is 13.3. The summed E-state index contributed by atoms with van der Waals surface area (Å²) in [6.07, 6.45) is 5.55. The number of carbonyl (C=O) groups excluding carboxylic acids is 1. The van der Waals surface area contributed by atoms with Gasteiger partial charge in [0.1, 0.15) is 0 Å². The molecule has 0 rings (SSSR count). The van der Waals surface area contributed by atoms with E-state index in [0.29, 0.717) is 13.2 Å². The molecule has 0 aromatic rings. The van der Waals surface area contributed by atoms with Crippen molar-refractivity contribution in [3.63, 3.8) is 0 Å². The van der Waals surface area contributed by atoms with Crippen molar-refractivity contribution in [2.45, 2.75) is 26.7 Å². The summed E-state index contributed by atoms with van der Waals surface area (Å²) >= 11 is 2.64. The van der Waals surface area contributed by atoms with Crippen LogP contribution in [0.3, 0.4) is 0 Å². The lowest BCUT2D eigenvalue weighted by Gasteiger charge is -2.25. The molecule has 0 fully saturated rings. The van der Waals surface area contributed by atoms with E-state index in [0.717, 1.165) is 12.8 Å². The highest BCUT2D eigenvalue weighted by Gasteiger charge is 2.23. The number of nitrogens with one attached hydrogen (secondary N) is 1. The summed E-state index contributed by atoms with van der Waals surface area (Å²) in [6.45, 7) is 4.80. The molecule has 1 N–H and O–H groups in total. The third-order valence-electron chi connectivity index (χ3n) is 2.02. The van der Waals surface area contributed by atoms with E-state index in [1.165, 1.54) is 32.5 Å². The van der Waals surface area contributed by atoms with Gasteiger partial charge in [-0.25, -0.2) is 13.4 Å². The second-order valence-corrected chi connectivity index (χ2v) is 4.85. The van der Waals surface area contributed by atoms with Gasteiger partial charge in [0.2, 0.25) is 0 Å². The topological polar surface area (TPSA) is 56.6 Å². The molecule has 0 radical (unpaired) electrons.